The van der Waals surface area contributed by atoms with E-state index >= 15 is 0 Å². The maximum Gasteiger partial charge on any atom is 0.360 e. The van der Waals surface area contributed by atoms with Crippen molar-refractivity contribution in [3.63, 3.8) is 0 Å². The highest BCUT2D eigenvalue weighted by atomic mass is 16.5. The van der Waals surface area contributed by atoms with E-state index in [0.717, 1.165) is 30.3 Å². The molecule has 1 aliphatic carbocycles. The Morgan fingerprint density at radius 3 is 2.85 bits per heavy atom. The Morgan fingerprint density at radius 1 is 1.19 bits per heavy atom. The van der Waals surface area contributed by atoms with Gasteiger partial charge >= 0.3 is 5.97 Å². The molecule has 6 nitrogen and oxygen atoms in total. The third-order valence-electron chi connectivity index (χ3n) is 5.00. The van der Waals surface area contributed by atoms with E-state index in [9.17, 15) is 9.59 Å². The van der Waals surface area contributed by atoms with E-state index in [2.05, 4.69) is 21.6 Å². The fraction of sp³-hybridized carbons (Fsp3) is 0.286. The molecule has 138 valence electrons. The van der Waals surface area contributed by atoms with Gasteiger partial charge in [-0.3, -0.25) is 9.89 Å². The summed E-state index contributed by atoms with van der Waals surface area (Å²) in [5.41, 5.74) is 3.35. The van der Waals surface area contributed by atoms with Crippen LogP contribution in [0.2, 0.25) is 0 Å². The number of hydrogen-bond donors (Lipinski definition) is 2. The second kappa shape index (κ2) is 7.23. The molecule has 0 aliphatic heterocycles. The average Bonchev–Trinajstić information content (AvgIpc) is 3.12. The number of hydrogen-bond acceptors (Lipinski definition) is 4. The van der Waals surface area contributed by atoms with Crippen LogP contribution in [-0.2, 0) is 16.0 Å². The first-order valence-electron chi connectivity index (χ1n) is 9.16. The minimum Gasteiger partial charge on any atom is -0.448 e. The standard InChI is InChI=1S/C21H21N3O3/c1-13(27-21(26)19-16-10-4-5-11-18(16)23-24-19)20(25)22-17-12-6-8-14-7-2-3-9-15(14)17/h2-5,7,9-11,13,17H,6,8,12H2,1H3,(H,22,25)(H,23,24)/t13-,17+/m0/s1. The normalized spacial score (nSPS) is 17.1. The summed E-state index contributed by atoms with van der Waals surface area (Å²) in [6.07, 6.45) is 2.03. The van der Waals surface area contributed by atoms with Crippen molar-refractivity contribution >= 4 is 22.8 Å². The van der Waals surface area contributed by atoms with Crippen molar-refractivity contribution in [2.45, 2.75) is 38.3 Å². The lowest BCUT2D eigenvalue weighted by Gasteiger charge is -2.27. The van der Waals surface area contributed by atoms with E-state index in [4.69, 9.17) is 4.74 Å². The maximum absolute atomic E-state index is 12.6. The predicted octanol–water partition coefficient (Wildman–Crippen LogP) is 3.30. The average molecular weight is 363 g/mol. The molecule has 2 N–H and O–H groups in total. The molecule has 2 aromatic carbocycles. The molecule has 0 radical (unpaired) electrons. The molecule has 4 rings (SSSR count). The first-order valence-corrected chi connectivity index (χ1v) is 9.16. The van der Waals surface area contributed by atoms with Crippen LogP contribution in [0.1, 0.15) is 47.4 Å². The highest BCUT2D eigenvalue weighted by Crippen LogP contribution is 2.29. The molecule has 0 fully saturated rings. The van der Waals surface area contributed by atoms with E-state index in [-0.39, 0.29) is 17.6 Å². The number of fused-ring (bicyclic) bond motifs is 2. The number of esters is 1. The van der Waals surface area contributed by atoms with Gasteiger partial charge in [0.15, 0.2) is 11.8 Å². The zero-order chi connectivity index (χ0) is 18.8. The lowest BCUT2D eigenvalue weighted by molar-refractivity contribution is -0.130. The van der Waals surface area contributed by atoms with Gasteiger partial charge in [0.2, 0.25) is 0 Å². The van der Waals surface area contributed by atoms with Gasteiger partial charge in [-0.25, -0.2) is 4.79 Å². The number of aryl methyl sites for hydroxylation is 1. The minimum atomic E-state index is -0.901. The summed E-state index contributed by atoms with van der Waals surface area (Å²) < 4.78 is 5.36. The monoisotopic (exact) mass is 363 g/mol. The molecular formula is C21H21N3O3. The highest BCUT2D eigenvalue weighted by molar-refractivity contribution is 6.02. The summed E-state index contributed by atoms with van der Waals surface area (Å²) in [6.45, 7) is 1.58. The van der Waals surface area contributed by atoms with Crippen molar-refractivity contribution in [2.24, 2.45) is 0 Å². The van der Waals surface area contributed by atoms with Crippen molar-refractivity contribution in [3.8, 4) is 0 Å². The molecule has 1 aliphatic rings. The van der Waals surface area contributed by atoms with Crippen LogP contribution in [-0.4, -0.2) is 28.2 Å². The van der Waals surface area contributed by atoms with Crippen molar-refractivity contribution in [1.82, 2.24) is 15.5 Å². The first-order chi connectivity index (χ1) is 13.1. The largest absolute Gasteiger partial charge is 0.448 e. The number of rotatable bonds is 4. The number of carbonyl (C=O) groups excluding carboxylic acids is 2. The molecular weight excluding hydrogens is 342 g/mol. The summed E-state index contributed by atoms with van der Waals surface area (Å²) in [5, 5.41) is 10.5. The number of para-hydroxylation sites is 1. The zero-order valence-corrected chi connectivity index (χ0v) is 15.1. The van der Waals surface area contributed by atoms with Gasteiger partial charge in [-0.15, -0.1) is 0 Å². The van der Waals surface area contributed by atoms with E-state index in [0.29, 0.717) is 5.39 Å². The number of H-pyrrole nitrogens is 1. The molecule has 0 saturated carbocycles. The van der Waals surface area contributed by atoms with E-state index < -0.39 is 12.1 Å². The third kappa shape index (κ3) is 3.43. The van der Waals surface area contributed by atoms with Gasteiger partial charge in [0.25, 0.3) is 5.91 Å². The van der Waals surface area contributed by atoms with Crippen LogP contribution in [0.25, 0.3) is 10.9 Å². The Bertz CT molecular complexity index is 995. The van der Waals surface area contributed by atoms with Gasteiger partial charge in [-0.1, -0.05) is 42.5 Å². The van der Waals surface area contributed by atoms with Gasteiger partial charge in [0.1, 0.15) is 0 Å². The lowest BCUT2D eigenvalue weighted by Crippen LogP contribution is -2.39. The highest BCUT2D eigenvalue weighted by Gasteiger charge is 2.26. The molecule has 0 spiro atoms. The van der Waals surface area contributed by atoms with Gasteiger partial charge in [0.05, 0.1) is 11.6 Å². The number of nitrogens with zero attached hydrogens (tertiary/aromatic N) is 1. The second-order valence-electron chi connectivity index (χ2n) is 6.82. The molecule has 1 heterocycles. The molecule has 0 bridgehead atoms. The summed E-state index contributed by atoms with van der Waals surface area (Å²) in [5.74, 6) is -0.913. The quantitative estimate of drug-likeness (QED) is 0.697. The van der Waals surface area contributed by atoms with Gasteiger partial charge < -0.3 is 10.1 Å². The fourth-order valence-corrected chi connectivity index (χ4v) is 3.58. The Hall–Kier alpha value is -3.15. The Balaban J connectivity index is 1.43. The predicted molar refractivity (Wildman–Crippen MR) is 101 cm³/mol. The summed E-state index contributed by atoms with van der Waals surface area (Å²) in [7, 11) is 0. The summed E-state index contributed by atoms with van der Waals surface area (Å²) in [4.78, 5) is 25.0. The van der Waals surface area contributed by atoms with Crippen LogP contribution in [0.4, 0.5) is 0 Å². The topological polar surface area (TPSA) is 84.1 Å². The third-order valence-corrected chi connectivity index (χ3v) is 5.00. The van der Waals surface area contributed by atoms with Crippen LogP contribution >= 0.6 is 0 Å². The molecule has 2 atom stereocenters. The van der Waals surface area contributed by atoms with E-state index in [1.54, 1.807) is 13.0 Å². The SMILES string of the molecule is C[C@H](OC(=O)c1n[nH]c2ccccc12)C(=O)N[C@@H]1CCCc2ccccc21. The number of aromatic amines is 1. The molecule has 27 heavy (non-hydrogen) atoms. The summed E-state index contributed by atoms with van der Waals surface area (Å²) in [6, 6.07) is 15.4. The Labute approximate surface area is 156 Å². The Kier molecular flexibility index (Phi) is 4.62. The Morgan fingerprint density at radius 2 is 1.96 bits per heavy atom. The molecule has 0 unspecified atom stereocenters. The van der Waals surface area contributed by atoms with Crippen LogP contribution in [0.3, 0.4) is 0 Å². The molecule has 6 heteroatoms. The minimum absolute atomic E-state index is 0.0465. The van der Waals surface area contributed by atoms with Crippen LogP contribution in [0, 0.1) is 0 Å². The lowest BCUT2D eigenvalue weighted by atomic mass is 9.87. The van der Waals surface area contributed by atoms with E-state index in [1.165, 1.54) is 5.56 Å². The number of carbonyl (C=O) groups is 2. The molecule has 0 saturated heterocycles. The number of nitrogens with one attached hydrogen (secondary N) is 2. The van der Waals surface area contributed by atoms with Crippen molar-refractivity contribution in [2.75, 3.05) is 0 Å². The number of aromatic nitrogens is 2. The van der Waals surface area contributed by atoms with Gasteiger partial charge in [-0.2, -0.15) is 5.10 Å². The van der Waals surface area contributed by atoms with Crippen molar-refractivity contribution in [1.29, 1.82) is 0 Å². The van der Waals surface area contributed by atoms with Gasteiger partial charge in [0, 0.05) is 5.39 Å². The van der Waals surface area contributed by atoms with Gasteiger partial charge in [-0.05, 0) is 43.4 Å². The fourth-order valence-electron chi connectivity index (χ4n) is 3.58. The number of amides is 1. The zero-order valence-electron chi connectivity index (χ0n) is 15.1. The first kappa shape index (κ1) is 17.3. The summed E-state index contributed by atoms with van der Waals surface area (Å²) >= 11 is 0. The molecule has 1 aromatic heterocycles. The van der Waals surface area contributed by atoms with Crippen LogP contribution < -0.4 is 5.32 Å². The maximum atomic E-state index is 12.6. The molecule has 3 aromatic rings. The second-order valence-corrected chi connectivity index (χ2v) is 6.82. The number of ether oxygens (including phenoxy) is 1. The van der Waals surface area contributed by atoms with Crippen molar-refractivity contribution < 1.29 is 14.3 Å². The van der Waals surface area contributed by atoms with Crippen LogP contribution in [0.5, 0.6) is 0 Å². The molecule has 1 amide bonds. The smallest absolute Gasteiger partial charge is 0.360 e. The number of benzene rings is 2. The van der Waals surface area contributed by atoms with E-state index in [1.807, 2.05) is 36.4 Å². The van der Waals surface area contributed by atoms with Crippen LogP contribution in [0.15, 0.2) is 48.5 Å². The van der Waals surface area contributed by atoms with Crippen molar-refractivity contribution in [3.05, 3.63) is 65.4 Å².